The minimum absolute atomic E-state index is 0.0856. The lowest BCUT2D eigenvalue weighted by atomic mass is 10.0. The summed E-state index contributed by atoms with van der Waals surface area (Å²) in [5.74, 6) is 1.29. The van der Waals surface area contributed by atoms with Crippen molar-refractivity contribution in [2.45, 2.75) is 53.5 Å². The van der Waals surface area contributed by atoms with E-state index in [-0.39, 0.29) is 5.91 Å². The molecule has 1 aliphatic rings. The summed E-state index contributed by atoms with van der Waals surface area (Å²) in [5.41, 5.74) is 2.81. The van der Waals surface area contributed by atoms with Gasteiger partial charge < -0.3 is 10.2 Å². The van der Waals surface area contributed by atoms with Gasteiger partial charge in [-0.25, -0.2) is 0 Å². The lowest BCUT2D eigenvalue weighted by Gasteiger charge is -2.24. The molecule has 0 aromatic carbocycles. The zero-order chi connectivity index (χ0) is 16.1. The summed E-state index contributed by atoms with van der Waals surface area (Å²) in [4.78, 5) is 14.9. The van der Waals surface area contributed by atoms with E-state index in [4.69, 9.17) is 0 Å². The van der Waals surface area contributed by atoms with Crippen molar-refractivity contribution in [2.24, 2.45) is 11.8 Å². The van der Waals surface area contributed by atoms with Crippen molar-refractivity contribution in [3.8, 4) is 0 Å². The second-order valence-corrected chi connectivity index (χ2v) is 7.11. The molecule has 0 radical (unpaired) electrons. The van der Waals surface area contributed by atoms with E-state index in [1.54, 1.807) is 0 Å². The van der Waals surface area contributed by atoms with Crippen molar-refractivity contribution in [1.82, 2.24) is 20.4 Å². The third-order valence-corrected chi connectivity index (χ3v) is 4.25. The van der Waals surface area contributed by atoms with Gasteiger partial charge in [-0.15, -0.1) is 0 Å². The fourth-order valence-electron chi connectivity index (χ4n) is 2.69. The fraction of sp³-hybridized carbons (Fsp3) is 0.765. The topological polar surface area (TPSA) is 61.0 Å². The first kappa shape index (κ1) is 17.0. The standard InChI is InChI=1S/C17H30N4O/c1-12(2)6-9-21(10-7-13(3)4)17(22)16-14-11-18-8-5-15(14)19-20-16/h12-13,18H,5-11H2,1-4H3,(H,19,20). The van der Waals surface area contributed by atoms with E-state index in [0.717, 1.165) is 56.7 Å². The Labute approximate surface area is 133 Å². The summed E-state index contributed by atoms with van der Waals surface area (Å²) in [7, 11) is 0. The first-order valence-corrected chi connectivity index (χ1v) is 8.55. The molecule has 2 N–H and O–H groups in total. The molecular formula is C17H30N4O. The van der Waals surface area contributed by atoms with Crippen LogP contribution in [0.15, 0.2) is 0 Å². The van der Waals surface area contributed by atoms with Crippen LogP contribution in [0.25, 0.3) is 0 Å². The Bertz CT molecular complexity index is 481. The Balaban J connectivity index is 2.11. The molecule has 0 aliphatic carbocycles. The van der Waals surface area contributed by atoms with Gasteiger partial charge in [-0.2, -0.15) is 5.10 Å². The highest BCUT2D eigenvalue weighted by Crippen LogP contribution is 2.18. The Morgan fingerprint density at radius 3 is 2.41 bits per heavy atom. The number of aromatic amines is 1. The number of nitrogens with zero attached hydrogens (tertiary/aromatic N) is 2. The largest absolute Gasteiger partial charge is 0.337 e. The Morgan fingerprint density at radius 1 is 1.18 bits per heavy atom. The van der Waals surface area contributed by atoms with Crippen molar-refractivity contribution in [2.75, 3.05) is 19.6 Å². The highest BCUT2D eigenvalue weighted by Gasteiger charge is 2.25. The molecule has 0 spiro atoms. The molecule has 0 saturated carbocycles. The van der Waals surface area contributed by atoms with Crippen molar-refractivity contribution < 1.29 is 4.79 Å². The summed E-state index contributed by atoms with van der Waals surface area (Å²) < 4.78 is 0. The highest BCUT2D eigenvalue weighted by atomic mass is 16.2. The molecule has 1 aromatic heterocycles. The molecule has 2 heterocycles. The molecule has 0 fully saturated rings. The van der Waals surface area contributed by atoms with Gasteiger partial charge in [0.1, 0.15) is 0 Å². The van der Waals surface area contributed by atoms with Crippen LogP contribution in [0, 0.1) is 11.8 Å². The predicted molar refractivity (Wildman–Crippen MR) is 88.8 cm³/mol. The van der Waals surface area contributed by atoms with Gasteiger partial charge in [0.25, 0.3) is 5.91 Å². The molecule has 2 rings (SSSR count). The number of carbonyl (C=O) groups excluding carboxylic acids is 1. The van der Waals surface area contributed by atoms with E-state index in [1.807, 2.05) is 4.90 Å². The number of amides is 1. The normalized spacial score (nSPS) is 14.5. The smallest absolute Gasteiger partial charge is 0.274 e. The van der Waals surface area contributed by atoms with E-state index in [0.29, 0.717) is 17.5 Å². The predicted octanol–water partition coefficient (Wildman–Crippen LogP) is 2.59. The van der Waals surface area contributed by atoms with E-state index in [9.17, 15) is 4.79 Å². The summed E-state index contributed by atoms with van der Waals surface area (Å²) >= 11 is 0. The zero-order valence-corrected chi connectivity index (χ0v) is 14.4. The number of rotatable bonds is 7. The maximum Gasteiger partial charge on any atom is 0.274 e. The number of carbonyl (C=O) groups is 1. The van der Waals surface area contributed by atoms with Gasteiger partial charge in [-0.3, -0.25) is 9.89 Å². The number of fused-ring (bicyclic) bond motifs is 1. The number of hydrogen-bond acceptors (Lipinski definition) is 3. The second-order valence-electron chi connectivity index (χ2n) is 7.11. The number of nitrogens with one attached hydrogen (secondary N) is 2. The fourth-order valence-corrected chi connectivity index (χ4v) is 2.69. The molecule has 1 aliphatic heterocycles. The van der Waals surface area contributed by atoms with Gasteiger partial charge in [0.05, 0.1) is 0 Å². The molecule has 124 valence electrons. The molecule has 5 heteroatoms. The van der Waals surface area contributed by atoms with E-state index in [1.165, 1.54) is 0 Å². The van der Waals surface area contributed by atoms with Crippen LogP contribution in [0.2, 0.25) is 0 Å². The van der Waals surface area contributed by atoms with Crippen molar-refractivity contribution >= 4 is 5.91 Å². The summed E-state index contributed by atoms with van der Waals surface area (Å²) in [5, 5.41) is 10.7. The maximum atomic E-state index is 12.9. The van der Waals surface area contributed by atoms with Crippen molar-refractivity contribution in [3.05, 3.63) is 17.0 Å². The second kappa shape index (κ2) is 7.77. The van der Waals surface area contributed by atoms with Crippen LogP contribution in [0.4, 0.5) is 0 Å². The average Bonchev–Trinajstić information content (AvgIpc) is 2.90. The van der Waals surface area contributed by atoms with Gasteiger partial charge in [0, 0.05) is 43.9 Å². The number of H-pyrrole nitrogens is 1. The minimum Gasteiger partial charge on any atom is -0.337 e. The summed E-state index contributed by atoms with van der Waals surface area (Å²) in [6.07, 6.45) is 3.00. The molecule has 0 atom stereocenters. The maximum absolute atomic E-state index is 12.9. The van der Waals surface area contributed by atoms with Crippen LogP contribution in [0.3, 0.4) is 0 Å². The molecular weight excluding hydrogens is 276 g/mol. The van der Waals surface area contributed by atoms with Crippen LogP contribution in [0.1, 0.15) is 62.3 Å². The third-order valence-electron chi connectivity index (χ3n) is 4.25. The van der Waals surface area contributed by atoms with Gasteiger partial charge in [-0.1, -0.05) is 27.7 Å². The van der Waals surface area contributed by atoms with E-state index < -0.39 is 0 Å². The Hall–Kier alpha value is -1.36. The van der Waals surface area contributed by atoms with Crippen molar-refractivity contribution in [1.29, 1.82) is 0 Å². The van der Waals surface area contributed by atoms with E-state index >= 15 is 0 Å². The third kappa shape index (κ3) is 4.32. The molecule has 0 bridgehead atoms. The SMILES string of the molecule is CC(C)CCN(CCC(C)C)C(=O)c1n[nH]c2c1CNCC2. The van der Waals surface area contributed by atoms with Crippen molar-refractivity contribution in [3.63, 3.8) is 0 Å². The Kier molecular flexibility index (Phi) is 6.00. The summed E-state index contributed by atoms with van der Waals surface area (Å²) in [6.45, 7) is 12.1. The van der Waals surface area contributed by atoms with Gasteiger partial charge in [-0.05, 0) is 24.7 Å². The molecule has 1 aromatic rings. The lowest BCUT2D eigenvalue weighted by Crippen LogP contribution is -2.35. The Morgan fingerprint density at radius 2 is 1.82 bits per heavy atom. The highest BCUT2D eigenvalue weighted by molar-refractivity contribution is 5.94. The molecule has 22 heavy (non-hydrogen) atoms. The molecule has 1 amide bonds. The summed E-state index contributed by atoms with van der Waals surface area (Å²) in [6, 6.07) is 0. The van der Waals surface area contributed by atoms with Gasteiger partial charge in [0.15, 0.2) is 5.69 Å². The minimum atomic E-state index is 0.0856. The quantitative estimate of drug-likeness (QED) is 0.814. The van der Waals surface area contributed by atoms with Gasteiger partial charge >= 0.3 is 0 Å². The first-order valence-electron chi connectivity index (χ1n) is 8.55. The first-order chi connectivity index (χ1) is 10.5. The van der Waals surface area contributed by atoms with Gasteiger partial charge in [0.2, 0.25) is 0 Å². The van der Waals surface area contributed by atoms with Crippen LogP contribution >= 0.6 is 0 Å². The molecule has 5 nitrogen and oxygen atoms in total. The lowest BCUT2D eigenvalue weighted by molar-refractivity contribution is 0.0733. The van der Waals surface area contributed by atoms with Crippen LogP contribution in [0.5, 0.6) is 0 Å². The van der Waals surface area contributed by atoms with Crippen LogP contribution < -0.4 is 5.32 Å². The van der Waals surface area contributed by atoms with Crippen LogP contribution in [-0.4, -0.2) is 40.6 Å². The average molecular weight is 306 g/mol. The molecule has 0 unspecified atom stereocenters. The molecule has 0 saturated heterocycles. The number of aromatic nitrogens is 2. The zero-order valence-electron chi connectivity index (χ0n) is 14.4. The van der Waals surface area contributed by atoms with Crippen LogP contribution in [-0.2, 0) is 13.0 Å². The number of hydrogen-bond donors (Lipinski definition) is 2. The van der Waals surface area contributed by atoms with E-state index in [2.05, 4.69) is 43.2 Å². The monoisotopic (exact) mass is 306 g/mol.